The monoisotopic (exact) mass is 410 g/mol. The van der Waals surface area contributed by atoms with E-state index in [0.29, 0.717) is 36.3 Å². The maximum atomic E-state index is 13.6. The van der Waals surface area contributed by atoms with Crippen LogP contribution >= 0.6 is 0 Å². The van der Waals surface area contributed by atoms with Crippen molar-refractivity contribution < 1.29 is 23.1 Å². The Hall–Kier alpha value is -2.55. The van der Waals surface area contributed by atoms with Crippen molar-refractivity contribution >= 4 is 11.6 Å². The molecule has 158 valence electrons. The molecule has 9 heteroatoms. The van der Waals surface area contributed by atoms with Gasteiger partial charge in [0, 0.05) is 23.5 Å². The van der Waals surface area contributed by atoms with E-state index in [9.17, 15) is 23.1 Å². The summed E-state index contributed by atoms with van der Waals surface area (Å²) in [6.45, 7) is 5.77. The first-order valence-electron chi connectivity index (χ1n) is 9.43. The Morgan fingerprint density at radius 1 is 1.41 bits per heavy atom. The van der Waals surface area contributed by atoms with Gasteiger partial charge in [0.05, 0.1) is 17.4 Å². The molecule has 1 aliphatic rings. The predicted molar refractivity (Wildman–Crippen MR) is 103 cm³/mol. The summed E-state index contributed by atoms with van der Waals surface area (Å²) in [5, 5.41) is 16.3. The lowest BCUT2D eigenvalue weighted by Gasteiger charge is -2.30. The zero-order valence-corrected chi connectivity index (χ0v) is 16.6. The molecule has 0 bridgehead atoms. The summed E-state index contributed by atoms with van der Waals surface area (Å²) in [6.07, 6.45) is -3.81. The number of aliphatic hydroxyl groups excluding tert-OH is 1. The van der Waals surface area contributed by atoms with Crippen LogP contribution in [0.5, 0.6) is 0 Å². The maximum absolute atomic E-state index is 13.6. The van der Waals surface area contributed by atoms with Crippen molar-refractivity contribution in [1.82, 2.24) is 9.78 Å². The quantitative estimate of drug-likeness (QED) is 0.705. The molecular formula is C20H25F3N4O2. The summed E-state index contributed by atoms with van der Waals surface area (Å²) in [4.78, 5) is 11.7. The van der Waals surface area contributed by atoms with Crippen LogP contribution in [0.15, 0.2) is 18.2 Å². The van der Waals surface area contributed by atoms with Gasteiger partial charge in [0.25, 0.3) is 5.91 Å². The Morgan fingerprint density at radius 2 is 2.10 bits per heavy atom. The van der Waals surface area contributed by atoms with Crippen molar-refractivity contribution in [3.05, 3.63) is 40.7 Å². The van der Waals surface area contributed by atoms with Gasteiger partial charge in [-0.25, -0.2) is 4.68 Å². The van der Waals surface area contributed by atoms with Crippen molar-refractivity contribution in [3.8, 4) is 5.69 Å². The Kier molecular flexibility index (Phi) is 5.38. The molecule has 1 atom stereocenters. The standard InChI is InChI=1S/C20H25F3N4O2/c1-11(28)10-25-15-8-12(4-5-13(15)18(24)29)27-16-9-19(2,3)7-6-14(16)17(26-27)20(21,22)23/h4-5,8,11,25,28H,6-7,9-10H2,1-3H3,(H2,24,29)/t11-/m1/s1. The van der Waals surface area contributed by atoms with Gasteiger partial charge in [-0.05, 0) is 49.8 Å². The number of primary amides is 1. The summed E-state index contributed by atoms with van der Waals surface area (Å²) in [7, 11) is 0. The third kappa shape index (κ3) is 4.39. The minimum Gasteiger partial charge on any atom is -0.392 e. The first kappa shape index (κ1) is 21.2. The largest absolute Gasteiger partial charge is 0.435 e. The molecule has 0 spiro atoms. The van der Waals surface area contributed by atoms with E-state index < -0.39 is 23.9 Å². The van der Waals surface area contributed by atoms with Gasteiger partial charge in [-0.15, -0.1) is 0 Å². The lowest BCUT2D eigenvalue weighted by atomic mass is 9.76. The van der Waals surface area contributed by atoms with Crippen LogP contribution in [0.3, 0.4) is 0 Å². The number of benzene rings is 1. The summed E-state index contributed by atoms with van der Waals surface area (Å²) in [5.41, 5.74) is 6.08. The maximum Gasteiger partial charge on any atom is 0.435 e. The number of nitrogens with zero attached hydrogens (tertiary/aromatic N) is 2. The summed E-state index contributed by atoms with van der Waals surface area (Å²) in [5.74, 6) is -0.677. The molecule has 29 heavy (non-hydrogen) atoms. The third-order valence-corrected chi connectivity index (χ3v) is 5.16. The van der Waals surface area contributed by atoms with Crippen molar-refractivity contribution in [1.29, 1.82) is 0 Å². The molecule has 6 nitrogen and oxygen atoms in total. The lowest BCUT2D eigenvalue weighted by Crippen LogP contribution is -2.24. The second-order valence-electron chi connectivity index (χ2n) is 8.35. The number of rotatable bonds is 5. The van der Waals surface area contributed by atoms with Gasteiger partial charge in [-0.1, -0.05) is 13.8 Å². The number of amides is 1. The van der Waals surface area contributed by atoms with Gasteiger partial charge in [0.15, 0.2) is 5.69 Å². The minimum absolute atomic E-state index is 0.145. The molecule has 0 saturated carbocycles. The highest BCUT2D eigenvalue weighted by molar-refractivity contribution is 5.98. The molecule has 0 radical (unpaired) electrons. The predicted octanol–water partition coefficient (Wildman–Crippen LogP) is 3.30. The summed E-state index contributed by atoms with van der Waals surface area (Å²) < 4.78 is 42.1. The number of anilines is 1. The van der Waals surface area contributed by atoms with Crippen LogP contribution in [-0.4, -0.2) is 33.4 Å². The molecule has 4 N–H and O–H groups in total. The molecule has 0 aliphatic heterocycles. The van der Waals surface area contributed by atoms with Gasteiger partial charge >= 0.3 is 6.18 Å². The zero-order chi connectivity index (χ0) is 21.6. The topological polar surface area (TPSA) is 93.2 Å². The van der Waals surface area contributed by atoms with Gasteiger partial charge in [-0.3, -0.25) is 4.79 Å². The molecule has 1 amide bonds. The van der Waals surface area contributed by atoms with Crippen LogP contribution in [0.2, 0.25) is 0 Å². The van der Waals surface area contributed by atoms with E-state index in [2.05, 4.69) is 10.4 Å². The first-order valence-corrected chi connectivity index (χ1v) is 9.43. The Bertz CT molecular complexity index is 933. The van der Waals surface area contributed by atoms with Gasteiger partial charge in [0.1, 0.15) is 0 Å². The molecule has 1 aromatic carbocycles. The van der Waals surface area contributed by atoms with Crippen molar-refractivity contribution in [3.63, 3.8) is 0 Å². The lowest BCUT2D eigenvalue weighted by molar-refractivity contribution is -0.142. The van der Waals surface area contributed by atoms with Crippen LogP contribution < -0.4 is 11.1 Å². The van der Waals surface area contributed by atoms with Crippen molar-refractivity contribution in [2.75, 3.05) is 11.9 Å². The Labute approximate surface area is 166 Å². The Balaban J connectivity index is 2.14. The fourth-order valence-electron chi connectivity index (χ4n) is 3.66. The molecule has 1 aliphatic carbocycles. The van der Waals surface area contributed by atoms with Crippen LogP contribution in [0.4, 0.5) is 18.9 Å². The average molecular weight is 410 g/mol. The van der Waals surface area contributed by atoms with Gasteiger partial charge in [-0.2, -0.15) is 18.3 Å². The number of halogens is 3. The van der Waals surface area contributed by atoms with E-state index in [4.69, 9.17) is 5.73 Å². The fourth-order valence-corrected chi connectivity index (χ4v) is 3.66. The summed E-state index contributed by atoms with van der Waals surface area (Å²) >= 11 is 0. The SMILES string of the molecule is C[C@@H](O)CNc1cc(-n2nc(C(F)(F)F)c3c2CC(C)(C)CC3)ccc1C(N)=O. The molecular weight excluding hydrogens is 385 g/mol. The number of hydrogen-bond acceptors (Lipinski definition) is 4. The number of carbonyl (C=O) groups excluding carboxylic acids is 1. The van der Waals surface area contributed by atoms with E-state index in [1.54, 1.807) is 6.92 Å². The van der Waals surface area contributed by atoms with E-state index >= 15 is 0 Å². The first-order chi connectivity index (χ1) is 13.4. The third-order valence-electron chi connectivity index (χ3n) is 5.16. The van der Waals surface area contributed by atoms with E-state index in [1.807, 2.05) is 13.8 Å². The van der Waals surface area contributed by atoms with E-state index in [1.165, 1.54) is 22.9 Å². The van der Waals surface area contributed by atoms with Crippen molar-refractivity contribution in [2.45, 2.75) is 52.3 Å². The highest BCUT2D eigenvalue weighted by atomic mass is 19.4. The molecule has 2 aromatic rings. The second-order valence-corrected chi connectivity index (χ2v) is 8.35. The smallest absolute Gasteiger partial charge is 0.392 e. The van der Waals surface area contributed by atoms with E-state index in [-0.39, 0.29) is 23.1 Å². The number of hydrogen-bond donors (Lipinski definition) is 3. The average Bonchev–Trinajstić information content (AvgIpc) is 2.97. The molecule has 0 unspecified atom stereocenters. The van der Waals surface area contributed by atoms with Gasteiger partial charge in [0.2, 0.25) is 0 Å². The molecule has 0 fully saturated rings. The number of nitrogens with one attached hydrogen (secondary N) is 1. The molecule has 3 rings (SSSR count). The van der Waals surface area contributed by atoms with Crippen molar-refractivity contribution in [2.24, 2.45) is 11.1 Å². The number of nitrogens with two attached hydrogens (primary N) is 1. The summed E-state index contributed by atoms with van der Waals surface area (Å²) in [6, 6.07) is 4.53. The fraction of sp³-hybridized carbons (Fsp3) is 0.500. The second kappa shape index (κ2) is 7.37. The highest BCUT2D eigenvalue weighted by Crippen LogP contribution is 2.42. The van der Waals surface area contributed by atoms with E-state index in [0.717, 1.165) is 0 Å². The highest BCUT2D eigenvalue weighted by Gasteiger charge is 2.42. The van der Waals surface area contributed by atoms with Crippen LogP contribution in [-0.2, 0) is 19.0 Å². The normalized spacial score (nSPS) is 16.9. The number of carbonyl (C=O) groups is 1. The van der Waals surface area contributed by atoms with Crippen LogP contribution in [0, 0.1) is 5.41 Å². The van der Waals surface area contributed by atoms with Gasteiger partial charge < -0.3 is 16.2 Å². The Morgan fingerprint density at radius 3 is 2.69 bits per heavy atom. The minimum atomic E-state index is -4.54. The van der Waals surface area contributed by atoms with Crippen LogP contribution in [0.25, 0.3) is 5.69 Å². The number of fused-ring (bicyclic) bond motifs is 1. The molecule has 1 aromatic heterocycles. The molecule has 1 heterocycles. The number of aromatic nitrogens is 2. The van der Waals surface area contributed by atoms with Crippen LogP contribution in [0.1, 0.15) is 54.5 Å². The molecule has 0 saturated heterocycles. The number of aliphatic hydroxyl groups is 1. The number of alkyl halides is 3. The zero-order valence-electron chi connectivity index (χ0n) is 16.6.